The number of nitrogens with two attached hydrogens (primary N) is 1. The minimum absolute atomic E-state index is 0.166. The number of anilines is 1. The number of hydrogen-bond donors (Lipinski definition) is 2. The lowest BCUT2D eigenvalue weighted by molar-refractivity contribution is -0.125. The van der Waals surface area contributed by atoms with Crippen LogP contribution in [0.4, 0.5) is 10.6 Å². The Balaban J connectivity index is 2.18. The van der Waals surface area contributed by atoms with E-state index in [4.69, 9.17) is 5.73 Å². The highest BCUT2D eigenvalue weighted by atomic mass is 16.2. The van der Waals surface area contributed by atoms with Gasteiger partial charge in [0.25, 0.3) is 0 Å². The van der Waals surface area contributed by atoms with Crippen LogP contribution in [0, 0.1) is 0 Å². The SMILES string of the molecule is CC(=O)N(CCN)C(=O)Nc1cc(-c2ccccc2)n(C)n1. The van der Waals surface area contributed by atoms with Crippen molar-refractivity contribution >= 4 is 17.8 Å². The quantitative estimate of drug-likeness (QED) is 0.893. The largest absolute Gasteiger partial charge is 0.329 e. The molecule has 0 bridgehead atoms. The van der Waals surface area contributed by atoms with Crippen LogP contribution < -0.4 is 11.1 Å². The molecule has 7 heteroatoms. The topological polar surface area (TPSA) is 93.2 Å². The van der Waals surface area contributed by atoms with Crippen LogP contribution in [0.2, 0.25) is 0 Å². The summed E-state index contributed by atoms with van der Waals surface area (Å²) in [6.45, 7) is 1.70. The molecular weight excluding hydrogens is 282 g/mol. The van der Waals surface area contributed by atoms with Crippen molar-refractivity contribution in [2.75, 3.05) is 18.4 Å². The number of nitrogens with one attached hydrogen (secondary N) is 1. The van der Waals surface area contributed by atoms with Crippen LogP contribution in [0.5, 0.6) is 0 Å². The summed E-state index contributed by atoms with van der Waals surface area (Å²) in [5, 5.41) is 6.86. The first-order valence-corrected chi connectivity index (χ1v) is 6.91. The minimum Gasteiger partial charge on any atom is -0.329 e. The maximum absolute atomic E-state index is 12.1. The fourth-order valence-electron chi connectivity index (χ4n) is 2.12. The van der Waals surface area contributed by atoms with E-state index in [1.165, 1.54) is 6.92 Å². The highest BCUT2D eigenvalue weighted by molar-refractivity contribution is 6.00. The maximum Gasteiger partial charge on any atom is 0.329 e. The van der Waals surface area contributed by atoms with Gasteiger partial charge in [0.05, 0.1) is 5.69 Å². The summed E-state index contributed by atoms with van der Waals surface area (Å²) in [7, 11) is 1.79. The summed E-state index contributed by atoms with van der Waals surface area (Å²) in [5.41, 5.74) is 7.26. The van der Waals surface area contributed by atoms with Gasteiger partial charge in [0.2, 0.25) is 5.91 Å². The van der Waals surface area contributed by atoms with Gasteiger partial charge in [-0.15, -0.1) is 0 Å². The van der Waals surface area contributed by atoms with Gasteiger partial charge in [-0.3, -0.25) is 19.7 Å². The van der Waals surface area contributed by atoms with Crippen LogP contribution in [-0.2, 0) is 11.8 Å². The Morgan fingerprint density at radius 3 is 2.59 bits per heavy atom. The Labute approximate surface area is 128 Å². The standard InChI is InChI=1S/C15H19N5O2/c1-11(21)20(9-8-16)15(22)17-14-10-13(19(2)18-14)12-6-4-3-5-7-12/h3-7,10H,8-9,16H2,1-2H3,(H,17,18,22). The molecule has 0 aliphatic carbocycles. The van der Waals surface area contributed by atoms with Crippen molar-refractivity contribution < 1.29 is 9.59 Å². The predicted molar refractivity (Wildman–Crippen MR) is 84.1 cm³/mol. The zero-order valence-corrected chi connectivity index (χ0v) is 12.6. The molecule has 1 aromatic carbocycles. The van der Waals surface area contributed by atoms with Crippen molar-refractivity contribution in [1.29, 1.82) is 0 Å². The van der Waals surface area contributed by atoms with Gasteiger partial charge in [0.15, 0.2) is 5.82 Å². The number of imide groups is 1. The first kappa shape index (κ1) is 15.7. The Morgan fingerprint density at radius 1 is 1.32 bits per heavy atom. The van der Waals surface area contributed by atoms with Crippen LogP contribution in [0.1, 0.15) is 6.92 Å². The number of aromatic nitrogens is 2. The predicted octanol–water partition coefficient (Wildman–Crippen LogP) is 1.43. The van der Waals surface area contributed by atoms with Crippen LogP contribution in [0.25, 0.3) is 11.3 Å². The Morgan fingerprint density at radius 2 is 2.00 bits per heavy atom. The number of carbonyl (C=O) groups is 2. The third-order valence-electron chi connectivity index (χ3n) is 3.16. The first-order valence-electron chi connectivity index (χ1n) is 6.91. The molecule has 3 amide bonds. The van der Waals surface area contributed by atoms with Gasteiger partial charge in [-0.2, -0.15) is 5.10 Å². The summed E-state index contributed by atoms with van der Waals surface area (Å²) < 4.78 is 1.67. The lowest BCUT2D eigenvalue weighted by Crippen LogP contribution is -2.41. The van der Waals surface area contributed by atoms with Gasteiger partial charge in [-0.25, -0.2) is 4.79 Å². The second kappa shape index (κ2) is 6.86. The number of benzene rings is 1. The number of nitrogens with zero attached hydrogens (tertiary/aromatic N) is 3. The molecule has 22 heavy (non-hydrogen) atoms. The summed E-state index contributed by atoms with van der Waals surface area (Å²) in [6.07, 6.45) is 0. The van der Waals surface area contributed by atoms with Crippen LogP contribution >= 0.6 is 0 Å². The molecular formula is C15H19N5O2. The fraction of sp³-hybridized carbons (Fsp3) is 0.267. The summed E-state index contributed by atoms with van der Waals surface area (Å²) >= 11 is 0. The average Bonchev–Trinajstić information content (AvgIpc) is 2.85. The van der Waals surface area contributed by atoms with Crippen molar-refractivity contribution in [3.8, 4) is 11.3 Å². The number of amides is 3. The Bertz CT molecular complexity index is 666. The van der Waals surface area contributed by atoms with Gasteiger partial charge >= 0.3 is 6.03 Å². The average molecular weight is 301 g/mol. The molecule has 0 fully saturated rings. The minimum atomic E-state index is -0.532. The molecule has 3 N–H and O–H groups in total. The molecule has 2 rings (SSSR count). The normalized spacial score (nSPS) is 10.3. The monoisotopic (exact) mass is 301 g/mol. The second-order valence-electron chi connectivity index (χ2n) is 4.79. The van der Waals surface area contributed by atoms with Gasteiger partial charge in [-0.1, -0.05) is 30.3 Å². The number of rotatable bonds is 4. The lowest BCUT2D eigenvalue weighted by Gasteiger charge is -2.17. The molecule has 2 aromatic rings. The molecule has 0 unspecified atom stereocenters. The molecule has 0 spiro atoms. The van der Waals surface area contributed by atoms with Gasteiger partial charge < -0.3 is 5.73 Å². The fourth-order valence-corrected chi connectivity index (χ4v) is 2.12. The molecule has 1 aromatic heterocycles. The number of aryl methyl sites for hydroxylation is 1. The highest BCUT2D eigenvalue weighted by Crippen LogP contribution is 2.21. The summed E-state index contributed by atoms with van der Waals surface area (Å²) in [4.78, 5) is 24.6. The molecule has 116 valence electrons. The summed E-state index contributed by atoms with van der Waals surface area (Å²) in [5.74, 6) is 0.0248. The van der Waals surface area contributed by atoms with E-state index < -0.39 is 6.03 Å². The van der Waals surface area contributed by atoms with E-state index in [2.05, 4.69) is 10.4 Å². The zero-order valence-electron chi connectivity index (χ0n) is 12.6. The van der Waals surface area contributed by atoms with Crippen molar-refractivity contribution in [3.63, 3.8) is 0 Å². The van der Waals surface area contributed by atoms with E-state index >= 15 is 0 Å². The van der Waals surface area contributed by atoms with E-state index in [0.717, 1.165) is 16.2 Å². The molecule has 0 aliphatic heterocycles. The van der Waals surface area contributed by atoms with E-state index in [-0.39, 0.29) is 19.0 Å². The van der Waals surface area contributed by atoms with Crippen LogP contribution in [0.15, 0.2) is 36.4 Å². The second-order valence-corrected chi connectivity index (χ2v) is 4.79. The lowest BCUT2D eigenvalue weighted by atomic mass is 10.1. The Kier molecular flexibility index (Phi) is 4.90. The maximum atomic E-state index is 12.1. The molecule has 1 heterocycles. The van der Waals surface area contributed by atoms with E-state index in [1.54, 1.807) is 17.8 Å². The zero-order chi connectivity index (χ0) is 16.1. The number of hydrogen-bond acceptors (Lipinski definition) is 4. The van der Waals surface area contributed by atoms with Crippen molar-refractivity contribution in [2.24, 2.45) is 12.8 Å². The molecule has 0 saturated heterocycles. The molecule has 0 atom stereocenters. The summed E-state index contributed by atoms with van der Waals surface area (Å²) in [6, 6.07) is 10.9. The molecule has 0 saturated carbocycles. The first-order chi connectivity index (χ1) is 10.5. The van der Waals surface area contributed by atoms with Gasteiger partial charge in [0, 0.05) is 33.1 Å². The van der Waals surface area contributed by atoms with Crippen molar-refractivity contribution in [3.05, 3.63) is 36.4 Å². The third-order valence-corrected chi connectivity index (χ3v) is 3.16. The molecule has 0 radical (unpaired) electrons. The molecule has 0 aliphatic rings. The smallest absolute Gasteiger partial charge is 0.329 e. The Hall–Kier alpha value is -2.67. The highest BCUT2D eigenvalue weighted by Gasteiger charge is 2.18. The van der Waals surface area contributed by atoms with Crippen LogP contribution in [0.3, 0.4) is 0 Å². The van der Waals surface area contributed by atoms with Crippen molar-refractivity contribution in [1.82, 2.24) is 14.7 Å². The van der Waals surface area contributed by atoms with E-state index in [1.807, 2.05) is 30.3 Å². The van der Waals surface area contributed by atoms with E-state index in [0.29, 0.717) is 5.82 Å². The number of carbonyl (C=O) groups excluding carboxylic acids is 2. The van der Waals surface area contributed by atoms with Gasteiger partial charge in [-0.05, 0) is 5.56 Å². The van der Waals surface area contributed by atoms with Gasteiger partial charge in [0.1, 0.15) is 0 Å². The van der Waals surface area contributed by atoms with Crippen LogP contribution in [-0.4, -0.2) is 39.7 Å². The third kappa shape index (κ3) is 3.50. The molecule has 7 nitrogen and oxygen atoms in total. The van der Waals surface area contributed by atoms with E-state index in [9.17, 15) is 9.59 Å². The van der Waals surface area contributed by atoms with Crippen molar-refractivity contribution in [2.45, 2.75) is 6.92 Å². The number of urea groups is 1.